The fraction of sp³-hybridized carbons (Fsp3) is 0.125. The van der Waals surface area contributed by atoms with E-state index in [-0.39, 0.29) is 5.91 Å². The Morgan fingerprint density at radius 3 is 2.76 bits per heavy atom. The van der Waals surface area contributed by atoms with Crippen molar-refractivity contribution >= 4 is 27.5 Å². The number of benzene rings is 2. The van der Waals surface area contributed by atoms with Gasteiger partial charge >= 0.3 is 0 Å². The first-order valence-corrected chi connectivity index (χ1v) is 7.10. The largest absolute Gasteiger partial charge is 0.398 e. The van der Waals surface area contributed by atoms with Crippen LogP contribution >= 0.6 is 15.9 Å². The summed E-state index contributed by atoms with van der Waals surface area (Å²) in [6, 6.07) is 14.4. The topological polar surface area (TPSA) is 70.1 Å². The van der Waals surface area contributed by atoms with Gasteiger partial charge in [-0.25, -0.2) is 0 Å². The van der Waals surface area contributed by atoms with E-state index in [1.807, 2.05) is 12.1 Å². The predicted octanol–water partition coefficient (Wildman–Crippen LogP) is 3.18. The third-order valence-electron chi connectivity index (χ3n) is 3.07. The Morgan fingerprint density at radius 2 is 2.10 bits per heavy atom. The molecule has 2 aromatic carbocycles. The summed E-state index contributed by atoms with van der Waals surface area (Å²) < 4.78 is 0.767. The zero-order chi connectivity index (χ0) is 15.4. The van der Waals surface area contributed by atoms with Gasteiger partial charge in [-0.15, -0.1) is 0 Å². The van der Waals surface area contributed by atoms with Gasteiger partial charge in [-0.2, -0.15) is 5.26 Å². The van der Waals surface area contributed by atoms with Crippen LogP contribution in [-0.4, -0.2) is 17.9 Å². The second-order valence-corrected chi connectivity index (χ2v) is 5.56. The first kappa shape index (κ1) is 15.1. The maximum absolute atomic E-state index is 12.4. The summed E-state index contributed by atoms with van der Waals surface area (Å²) in [6.45, 7) is 0.435. The molecular formula is C16H14BrN3O. The summed E-state index contributed by atoms with van der Waals surface area (Å²) >= 11 is 3.30. The molecule has 0 spiro atoms. The van der Waals surface area contributed by atoms with E-state index in [0.29, 0.717) is 23.4 Å². The highest BCUT2D eigenvalue weighted by atomic mass is 79.9. The molecule has 0 atom stereocenters. The maximum Gasteiger partial charge on any atom is 0.253 e. The molecule has 2 rings (SSSR count). The monoisotopic (exact) mass is 343 g/mol. The summed E-state index contributed by atoms with van der Waals surface area (Å²) in [6.07, 6.45) is 0. The molecule has 1 amide bonds. The number of carbonyl (C=O) groups is 1. The highest BCUT2D eigenvalue weighted by Gasteiger charge is 2.13. The fourth-order valence-corrected chi connectivity index (χ4v) is 2.23. The van der Waals surface area contributed by atoms with E-state index < -0.39 is 0 Å². The number of nitriles is 1. The van der Waals surface area contributed by atoms with Crippen LogP contribution in [0.4, 0.5) is 5.69 Å². The summed E-state index contributed by atoms with van der Waals surface area (Å²) in [5.41, 5.74) is 8.36. The van der Waals surface area contributed by atoms with Crippen LogP contribution < -0.4 is 5.73 Å². The van der Waals surface area contributed by atoms with Crippen molar-refractivity contribution in [3.63, 3.8) is 0 Å². The van der Waals surface area contributed by atoms with Gasteiger partial charge < -0.3 is 10.6 Å². The van der Waals surface area contributed by atoms with Crippen molar-refractivity contribution < 1.29 is 4.79 Å². The Kier molecular flexibility index (Phi) is 4.61. The molecule has 21 heavy (non-hydrogen) atoms. The number of amides is 1. The van der Waals surface area contributed by atoms with Gasteiger partial charge in [0.15, 0.2) is 0 Å². The summed E-state index contributed by atoms with van der Waals surface area (Å²) in [7, 11) is 1.72. The Hall–Kier alpha value is -2.32. The van der Waals surface area contributed by atoms with Gasteiger partial charge in [-0.1, -0.05) is 12.1 Å². The minimum absolute atomic E-state index is 0.114. The van der Waals surface area contributed by atoms with Crippen LogP contribution in [0, 0.1) is 11.3 Å². The van der Waals surface area contributed by atoms with E-state index in [1.54, 1.807) is 42.3 Å². The average molecular weight is 344 g/mol. The van der Waals surface area contributed by atoms with Crippen molar-refractivity contribution in [3.05, 3.63) is 63.6 Å². The number of anilines is 1. The van der Waals surface area contributed by atoms with Crippen LogP contribution in [0.1, 0.15) is 21.5 Å². The molecule has 0 bridgehead atoms. The predicted molar refractivity (Wildman–Crippen MR) is 85.5 cm³/mol. The lowest BCUT2D eigenvalue weighted by Crippen LogP contribution is -2.26. The number of nitrogens with zero attached hydrogens (tertiary/aromatic N) is 2. The zero-order valence-corrected chi connectivity index (χ0v) is 13.1. The van der Waals surface area contributed by atoms with E-state index >= 15 is 0 Å². The Balaban J connectivity index is 2.15. The van der Waals surface area contributed by atoms with Crippen LogP contribution in [-0.2, 0) is 6.54 Å². The van der Waals surface area contributed by atoms with E-state index in [1.165, 1.54) is 0 Å². The molecule has 0 unspecified atom stereocenters. The van der Waals surface area contributed by atoms with Crippen molar-refractivity contribution in [2.75, 3.05) is 12.8 Å². The molecule has 106 valence electrons. The first-order valence-electron chi connectivity index (χ1n) is 6.31. The maximum atomic E-state index is 12.4. The molecule has 4 nitrogen and oxygen atoms in total. The van der Waals surface area contributed by atoms with Crippen molar-refractivity contribution in [1.82, 2.24) is 4.90 Å². The van der Waals surface area contributed by atoms with E-state index in [9.17, 15) is 4.79 Å². The van der Waals surface area contributed by atoms with Crippen molar-refractivity contribution in [2.24, 2.45) is 0 Å². The molecule has 0 aliphatic carbocycles. The van der Waals surface area contributed by atoms with E-state index in [2.05, 4.69) is 22.0 Å². The molecule has 2 aromatic rings. The van der Waals surface area contributed by atoms with Crippen LogP contribution in [0.15, 0.2) is 46.9 Å². The van der Waals surface area contributed by atoms with Crippen molar-refractivity contribution in [1.29, 1.82) is 5.26 Å². The molecule has 5 heteroatoms. The van der Waals surface area contributed by atoms with Gasteiger partial charge in [0.1, 0.15) is 0 Å². The van der Waals surface area contributed by atoms with Gasteiger partial charge in [0, 0.05) is 29.3 Å². The Morgan fingerprint density at radius 1 is 1.33 bits per heavy atom. The summed E-state index contributed by atoms with van der Waals surface area (Å²) in [4.78, 5) is 14.0. The smallest absolute Gasteiger partial charge is 0.253 e. The second kappa shape index (κ2) is 6.42. The van der Waals surface area contributed by atoms with Crippen molar-refractivity contribution in [2.45, 2.75) is 6.54 Å². The number of hydrogen-bond acceptors (Lipinski definition) is 3. The number of hydrogen-bond donors (Lipinski definition) is 1. The second-order valence-electron chi connectivity index (χ2n) is 4.71. The first-order chi connectivity index (χ1) is 10.0. The molecule has 2 N–H and O–H groups in total. The fourth-order valence-electron chi connectivity index (χ4n) is 1.98. The van der Waals surface area contributed by atoms with E-state index in [4.69, 9.17) is 11.0 Å². The molecule has 0 aliphatic rings. The Bertz CT molecular complexity index is 722. The Labute approximate surface area is 131 Å². The third kappa shape index (κ3) is 3.61. The lowest BCUT2D eigenvalue weighted by molar-refractivity contribution is 0.0785. The summed E-state index contributed by atoms with van der Waals surface area (Å²) in [5.74, 6) is -0.114. The molecule has 0 aliphatic heterocycles. The zero-order valence-electron chi connectivity index (χ0n) is 11.5. The number of carbonyl (C=O) groups excluding carboxylic acids is 1. The SMILES string of the molecule is CN(Cc1cccc(C#N)c1)C(=O)c1ccc(Br)c(N)c1. The van der Waals surface area contributed by atoms with Gasteiger partial charge in [0.05, 0.1) is 11.6 Å². The van der Waals surface area contributed by atoms with E-state index in [0.717, 1.165) is 10.0 Å². The standard InChI is InChI=1S/C16H14BrN3O/c1-20(10-12-4-2-3-11(7-12)9-18)16(21)13-5-6-14(17)15(19)8-13/h2-8H,10,19H2,1H3. The van der Waals surface area contributed by atoms with Gasteiger partial charge in [-0.05, 0) is 51.8 Å². The molecular weight excluding hydrogens is 330 g/mol. The van der Waals surface area contributed by atoms with Gasteiger partial charge in [-0.3, -0.25) is 4.79 Å². The molecule has 0 heterocycles. The van der Waals surface area contributed by atoms with Crippen LogP contribution in [0.25, 0.3) is 0 Å². The summed E-state index contributed by atoms with van der Waals surface area (Å²) in [5, 5.41) is 8.89. The quantitative estimate of drug-likeness (QED) is 0.870. The lowest BCUT2D eigenvalue weighted by atomic mass is 10.1. The van der Waals surface area contributed by atoms with Crippen LogP contribution in [0.5, 0.6) is 0 Å². The minimum Gasteiger partial charge on any atom is -0.398 e. The highest BCUT2D eigenvalue weighted by Crippen LogP contribution is 2.21. The number of nitrogen functional groups attached to an aromatic ring is 1. The lowest BCUT2D eigenvalue weighted by Gasteiger charge is -2.18. The average Bonchev–Trinajstić information content (AvgIpc) is 2.49. The highest BCUT2D eigenvalue weighted by molar-refractivity contribution is 9.10. The molecule has 0 saturated heterocycles. The molecule has 0 saturated carbocycles. The number of rotatable bonds is 3. The minimum atomic E-state index is -0.114. The molecule has 0 fully saturated rings. The molecule has 0 radical (unpaired) electrons. The van der Waals surface area contributed by atoms with Gasteiger partial charge in [0.25, 0.3) is 5.91 Å². The number of halogens is 1. The third-order valence-corrected chi connectivity index (χ3v) is 3.79. The normalized spacial score (nSPS) is 9.95. The molecule has 0 aromatic heterocycles. The van der Waals surface area contributed by atoms with Crippen LogP contribution in [0.3, 0.4) is 0 Å². The van der Waals surface area contributed by atoms with Crippen LogP contribution in [0.2, 0.25) is 0 Å². The number of nitrogens with two attached hydrogens (primary N) is 1. The van der Waals surface area contributed by atoms with Crippen molar-refractivity contribution in [3.8, 4) is 6.07 Å². The van der Waals surface area contributed by atoms with Gasteiger partial charge in [0.2, 0.25) is 0 Å².